The van der Waals surface area contributed by atoms with E-state index in [2.05, 4.69) is 15.1 Å². The average molecular weight is 339 g/mol. The fraction of sp³-hybridized carbons (Fsp3) is 0.294. The van der Waals surface area contributed by atoms with Crippen molar-refractivity contribution in [3.8, 4) is 11.4 Å². The first-order valence-electron chi connectivity index (χ1n) is 8.01. The molecule has 0 radical (unpaired) electrons. The Labute approximate surface area is 143 Å². The van der Waals surface area contributed by atoms with Crippen molar-refractivity contribution in [3.05, 3.63) is 36.8 Å². The first-order chi connectivity index (χ1) is 12.2. The number of hydrogen-bond donors (Lipinski definition) is 1. The molecule has 1 aliphatic rings. The molecule has 1 atom stereocenters. The maximum Gasteiger partial charge on any atom is 0.326 e. The summed E-state index contributed by atoms with van der Waals surface area (Å²) in [6.45, 7) is 0.663. The van der Waals surface area contributed by atoms with E-state index in [1.165, 1.54) is 6.33 Å². The molecule has 8 heteroatoms. The molecule has 3 heterocycles. The molecule has 0 aliphatic carbocycles. The molecule has 3 aromatic rings. The van der Waals surface area contributed by atoms with Crippen molar-refractivity contribution < 1.29 is 14.6 Å². The zero-order valence-corrected chi connectivity index (χ0v) is 13.7. The third-order valence-corrected chi connectivity index (χ3v) is 4.47. The van der Waals surface area contributed by atoms with E-state index in [0.717, 1.165) is 23.2 Å². The van der Waals surface area contributed by atoms with Crippen molar-refractivity contribution in [1.29, 1.82) is 0 Å². The number of benzene rings is 1. The zero-order valence-electron chi connectivity index (χ0n) is 13.7. The van der Waals surface area contributed by atoms with Crippen LogP contribution >= 0.6 is 0 Å². The quantitative estimate of drug-likeness (QED) is 0.775. The Kier molecular flexibility index (Phi) is 3.72. The summed E-state index contributed by atoms with van der Waals surface area (Å²) in [5.74, 6) is 0.554. The van der Waals surface area contributed by atoms with Crippen LogP contribution < -0.4 is 9.64 Å². The molecule has 0 amide bonds. The van der Waals surface area contributed by atoms with E-state index in [-0.39, 0.29) is 0 Å². The molecule has 1 saturated heterocycles. The smallest absolute Gasteiger partial charge is 0.326 e. The molecule has 1 unspecified atom stereocenters. The first kappa shape index (κ1) is 15.4. The summed E-state index contributed by atoms with van der Waals surface area (Å²) in [4.78, 5) is 22.0. The second-order valence-electron chi connectivity index (χ2n) is 5.88. The van der Waals surface area contributed by atoms with Gasteiger partial charge in [0.2, 0.25) is 0 Å². The Bertz CT molecular complexity index is 922. The van der Waals surface area contributed by atoms with E-state index in [1.54, 1.807) is 18.0 Å². The van der Waals surface area contributed by atoms with E-state index in [9.17, 15) is 9.90 Å². The molecule has 0 spiro atoms. The van der Waals surface area contributed by atoms with E-state index in [1.807, 2.05) is 29.2 Å². The molecule has 2 aromatic heterocycles. The summed E-state index contributed by atoms with van der Waals surface area (Å²) in [6, 6.07) is 6.94. The van der Waals surface area contributed by atoms with Gasteiger partial charge in [-0.2, -0.15) is 5.10 Å². The van der Waals surface area contributed by atoms with E-state index >= 15 is 0 Å². The summed E-state index contributed by atoms with van der Waals surface area (Å²) in [7, 11) is 1.62. The maximum atomic E-state index is 11.5. The van der Waals surface area contributed by atoms with Crippen LogP contribution in [-0.2, 0) is 4.79 Å². The number of nitrogens with zero attached hydrogens (tertiary/aromatic N) is 5. The van der Waals surface area contributed by atoms with Gasteiger partial charge in [0.1, 0.15) is 23.9 Å². The molecule has 4 rings (SSSR count). The number of carbonyl (C=O) groups is 1. The summed E-state index contributed by atoms with van der Waals surface area (Å²) in [5.41, 5.74) is 1.49. The van der Waals surface area contributed by atoms with Crippen LogP contribution in [0.5, 0.6) is 5.75 Å². The molecular weight excluding hydrogens is 322 g/mol. The van der Waals surface area contributed by atoms with Gasteiger partial charge in [-0.25, -0.2) is 19.4 Å². The van der Waals surface area contributed by atoms with Crippen LogP contribution in [0.2, 0.25) is 0 Å². The van der Waals surface area contributed by atoms with Gasteiger partial charge in [0.25, 0.3) is 0 Å². The van der Waals surface area contributed by atoms with Gasteiger partial charge < -0.3 is 14.7 Å². The number of methoxy groups -OCH3 is 1. The third kappa shape index (κ3) is 2.55. The number of carboxylic acids is 1. The Hall–Kier alpha value is -3.16. The zero-order chi connectivity index (χ0) is 17.4. The standard InChI is InChI=1S/C17H17N5O3/c1-25-12-6-4-11(5-7-12)22-16-13(9-20-22)15(18-10-19-16)21-8-2-3-14(21)17(23)24/h4-7,9-10,14H,2-3,8H2,1H3,(H,23,24). The number of fused-ring (bicyclic) bond motifs is 1. The largest absolute Gasteiger partial charge is 0.497 e. The fourth-order valence-corrected chi connectivity index (χ4v) is 3.25. The lowest BCUT2D eigenvalue weighted by Gasteiger charge is -2.22. The summed E-state index contributed by atoms with van der Waals surface area (Å²) < 4.78 is 6.89. The SMILES string of the molecule is COc1ccc(-n2ncc3c(N4CCCC4C(=O)O)ncnc32)cc1. The predicted molar refractivity (Wildman–Crippen MR) is 91.2 cm³/mol. The van der Waals surface area contributed by atoms with Gasteiger partial charge in [-0.15, -0.1) is 0 Å². The van der Waals surface area contributed by atoms with Gasteiger partial charge >= 0.3 is 5.97 Å². The van der Waals surface area contributed by atoms with Crippen molar-refractivity contribution >= 4 is 22.8 Å². The van der Waals surface area contributed by atoms with Crippen LogP contribution in [0.4, 0.5) is 5.82 Å². The molecular formula is C17H17N5O3. The normalized spacial score (nSPS) is 17.2. The second kappa shape index (κ2) is 6.04. The van der Waals surface area contributed by atoms with Gasteiger partial charge in [-0.05, 0) is 37.1 Å². The molecule has 25 heavy (non-hydrogen) atoms. The highest BCUT2D eigenvalue weighted by atomic mass is 16.5. The van der Waals surface area contributed by atoms with Crippen molar-refractivity contribution in [2.24, 2.45) is 0 Å². The van der Waals surface area contributed by atoms with Crippen molar-refractivity contribution in [2.45, 2.75) is 18.9 Å². The number of hydrogen-bond acceptors (Lipinski definition) is 6. The Morgan fingerprint density at radius 1 is 1.28 bits per heavy atom. The van der Waals surface area contributed by atoms with E-state index in [0.29, 0.717) is 24.4 Å². The lowest BCUT2D eigenvalue weighted by molar-refractivity contribution is -0.138. The number of carboxylic acid groups (broad SMARTS) is 1. The highest BCUT2D eigenvalue weighted by Gasteiger charge is 2.33. The summed E-state index contributed by atoms with van der Waals surface area (Å²) in [5, 5.41) is 14.6. The second-order valence-corrected chi connectivity index (χ2v) is 5.88. The van der Waals surface area contributed by atoms with Crippen LogP contribution in [0.25, 0.3) is 16.7 Å². The molecule has 1 fully saturated rings. The van der Waals surface area contributed by atoms with Gasteiger partial charge in [-0.1, -0.05) is 0 Å². The Morgan fingerprint density at radius 2 is 2.08 bits per heavy atom. The van der Waals surface area contributed by atoms with Gasteiger partial charge in [0.15, 0.2) is 5.65 Å². The predicted octanol–water partition coefficient (Wildman–Crippen LogP) is 1.88. The number of aliphatic carboxylic acids is 1. The maximum absolute atomic E-state index is 11.5. The van der Waals surface area contributed by atoms with Gasteiger partial charge in [-0.3, -0.25) is 0 Å². The molecule has 1 aromatic carbocycles. The topological polar surface area (TPSA) is 93.4 Å². The minimum atomic E-state index is -0.827. The molecule has 0 saturated carbocycles. The molecule has 1 N–H and O–H groups in total. The summed E-state index contributed by atoms with van der Waals surface area (Å²) in [6.07, 6.45) is 4.59. The molecule has 1 aliphatic heterocycles. The Morgan fingerprint density at radius 3 is 2.80 bits per heavy atom. The monoisotopic (exact) mass is 339 g/mol. The fourth-order valence-electron chi connectivity index (χ4n) is 3.25. The van der Waals surface area contributed by atoms with Gasteiger partial charge in [0.05, 0.1) is 24.4 Å². The average Bonchev–Trinajstić information content (AvgIpc) is 3.28. The number of aromatic nitrogens is 4. The molecule has 8 nitrogen and oxygen atoms in total. The minimum absolute atomic E-state index is 0.553. The summed E-state index contributed by atoms with van der Waals surface area (Å²) >= 11 is 0. The number of anilines is 1. The van der Waals surface area contributed by atoms with Crippen LogP contribution in [0.15, 0.2) is 36.8 Å². The third-order valence-electron chi connectivity index (χ3n) is 4.47. The first-order valence-corrected chi connectivity index (χ1v) is 8.01. The highest BCUT2D eigenvalue weighted by molar-refractivity contribution is 5.90. The van der Waals surface area contributed by atoms with Gasteiger partial charge in [0, 0.05) is 6.54 Å². The van der Waals surface area contributed by atoms with Crippen molar-refractivity contribution in [3.63, 3.8) is 0 Å². The van der Waals surface area contributed by atoms with Crippen molar-refractivity contribution in [2.75, 3.05) is 18.6 Å². The van der Waals surface area contributed by atoms with E-state index < -0.39 is 12.0 Å². The van der Waals surface area contributed by atoms with Crippen LogP contribution in [0, 0.1) is 0 Å². The number of rotatable bonds is 4. The Balaban J connectivity index is 1.79. The lowest BCUT2D eigenvalue weighted by Crippen LogP contribution is -2.36. The lowest BCUT2D eigenvalue weighted by atomic mass is 10.2. The van der Waals surface area contributed by atoms with Crippen LogP contribution in [-0.4, -0.2) is 50.5 Å². The van der Waals surface area contributed by atoms with Crippen LogP contribution in [0.1, 0.15) is 12.8 Å². The van der Waals surface area contributed by atoms with Crippen LogP contribution in [0.3, 0.4) is 0 Å². The minimum Gasteiger partial charge on any atom is -0.497 e. The molecule has 128 valence electrons. The van der Waals surface area contributed by atoms with E-state index in [4.69, 9.17) is 4.74 Å². The molecule has 0 bridgehead atoms. The highest BCUT2D eigenvalue weighted by Crippen LogP contribution is 2.30. The number of ether oxygens (including phenoxy) is 1. The van der Waals surface area contributed by atoms with Crippen molar-refractivity contribution in [1.82, 2.24) is 19.7 Å².